The van der Waals surface area contributed by atoms with E-state index in [0.29, 0.717) is 23.5 Å². The van der Waals surface area contributed by atoms with Crippen LogP contribution in [0, 0.1) is 17.8 Å². The molecule has 24 heavy (non-hydrogen) atoms. The number of esters is 2. The number of para-hydroxylation sites is 1. The van der Waals surface area contributed by atoms with Gasteiger partial charge in [-0.1, -0.05) is 45.4 Å². The maximum absolute atomic E-state index is 12.0. The molecule has 1 saturated carbocycles. The highest BCUT2D eigenvalue weighted by molar-refractivity contribution is 5.92. The van der Waals surface area contributed by atoms with E-state index in [0.717, 1.165) is 25.0 Å². The minimum atomic E-state index is -0.587. The van der Waals surface area contributed by atoms with Crippen molar-refractivity contribution in [3.05, 3.63) is 42.5 Å². The zero-order valence-corrected chi connectivity index (χ0v) is 14.6. The molecule has 4 nitrogen and oxygen atoms in total. The molecule has 2 rings (SSSR count). The van der Waals surface area contributed by atoms with Gasteiger partial charge in [-0.25, -0.2) is 9.59 Å². The van der Waals surface area contributed by atoms with Gasteiger partial charge in [0.25, 0.3) is 0 Å². The van der Waals surface area contributed by atoms with E-state index in [1.165, 1.54) is 6.42 Å². The third-order valence-corrected chi connectivity index (χ3v) is 4.55. The zero-order valence-electron chi connectivity index (χ0n) is 14.6. The van der Waals surface area contributed by atoms with Crippen LogP contribution in [-0.4, -0.2) is 18.0 Å². The molecule has 0 N–H and O–H groups in total. The van der Waals surface area contributed by atoms with Crippen LogP contribution >= 0.6 is 0 Å². The molecule has 0 aromatic heterocycles. The maximum Gasteiger partial charge on any atom is 0.336 e. The minimum absolute atomic E-state index is 0.0731. The number of carbonyl (C=O) groups is 2. The van der Waals surface area contributed by atoms with Crippen LogP contribution in [0.5, 0.6) is 5.75 Å². The molecule has 0 aliphatic heterocycles. The van der Waals surface area contributed by atoms with Crippen LogP contribution in [0.15, 0.2) is 42.5 Å². The highest BCUT2D eigenvalue weighted by Crippen LogP contribution is 2.35. The number of carbonyl (C=O) groups excluding carboxylic acids is 2. The van der Waals surface area contributed by atoms with Gasteiger partial charge >= 0.3 is 11.9 Å². The van der Waals surface area contributed by atoms with Gasteiger partial charge in [-0.2, -0.15) is 0 Å². The molecule has 4 heteroatoms. The van der Waals surface area contributed by atoms with Gasteiger partial charge in [-0.15, -0.1) is 0 Å². The second kappa shape index (κ2) is 8.67. The van der Waals surface area contributed by atoms with Crippen LogP contribution in [0.4, 0.5) is 0 Å². The number of rotatable bonds is 5. The average Bonchev–Trinajstić information content (AvgIpc) is 2.53. The number of hydrogen-bond acceptors (Lipinski definition) is 4. The summed E-state index contributed by atoms with van der Waals surface area (Å²) in [5.41, 5.74) is 0. The van der Waals surface area contributed by atoms with Crippen molar-refractivity contribution in [2.45, 2.75) is 46.1 Å². The number of benzene rings is 1. The topological polar surface area (TPSA) is 52.6 Å². The first kappa shape index (κ1) is 18.2. The normalized spacial score (nSPS) is 24.1. The van der Waals surface area contributed by atoms with Crippen molar-refractivity contribution in [2.75, 3.05) is 0 Å². The van der Waals surface area contributed by atoms with Gasteiger partial charge in [0.05, 0.1) is 0 Å². The van der Waals surface area contributed by atoms with Gasteiger partial charge in [0.2, 0.25) is 0 Å². The molecule has 1 aromatic carbocycles. The second-order valence-electron chi connectivity index (χ2n) is 6.87. The fourth-order valence-electron chi connectivity index (χ4n) is 3.21. The van der Waals surface area contributed by atoms with Gasteiger partial charge in [0, 0.05) is 12.2 Å². The van der Waals surface area contributed by atoms with Crippen molar-refractivity contribution in [3.63, 3.8) is 0 Å². The summed E-state index contributed by atoms with van der Waals surface area (Å²) < 4.78 is 10.7. The Kier molecular flexibility index (Phi) is 6.59. The molecular weight excluding hydrogens is 304 g/mol. The van der Waals surface area contributed by atoms with E-state index in [-0.39, 0.29) is 6.10 Å². The average molecular weight is 330 g/mol. The molecule has 0 radical (unpaired) electrons. The molecule has 0 amide bonds. The Bertz CT molecular complexity index is 577. The van der Waals surface area contributed by atoms with Crippen LogP contribution in [0.25, 0.3) is 0 Å². The summed E-state index contributed by atoms with van der Waals surface area (Å²) in [6.45, 7) is 6.51. The summed E-state index contributed by atoms with van der Waals surface area (Å²) in [5, 5.41) is 0. The van der Waals surface area contributed by atoms with E-state index in [2.05, 4.69) is 20.8 Å². The Morgan fingerprint density at radius 3 is 2.42 bits per heavy atom. The lowest BCUT2D eigenvalue weighted by Gasteiger charge is -2.36. The zero-order chi connectivity index (χ0) is 17.5. The lowest BCUT2D eigenvalue weighted by Crippen LogP contribution is -2.35. The van der Waals surface area contributed by atoms with E-state index in [4.69, 9.17) is 9.47 Å². The monoisotopic (exact) mass is 330 g/mol. The fraction of sp³-hybridized carbons (Fsp3) is 0.500. The van der Waals surface area contributed by atoms with Crippen LogP contribution in [0.1, 0.15) is 40.0 Å². The first-order valence-corrected chi connectivity index (χ1v) is 8.61. The molecule has 1 aromatic rings. The number of ether oxygens (including phenoxy) is 2. The molecule has 3 unspecified atom stereocenters. The van der Waals surface area contributed by atoms with Crippen LogP contribution in [0.2, 0.25) is 0 Å². The summed E-state index contributed by atoms with van der Waals surface area (Å²) in [7, 11) is 0. The smallest absolute Gasteiger partial charge is 0.336 e. The molecule has 1 aliphatic carbocycles. The van der Waals surface area contributed by atoms with Gasteiger partial charge in [-0.3, -0.25) is 0 Å². The highest BCUT2D eigenvalue weighted by Gasteiger charge is 2.32. The quantitative estimate of drug-likeness (QED) is 0.462. The molecule has 1 fully saturated rings. The number of hydrogen-bond donors (Lipinski definition) is 0. The van der Waals surface area contributed by atoms with Crippen molar-refractivity contribution in [1.82, 2.24) is 0 Å². The first-order valence-electron chi connectivity index (χ1n) is 8.61. The van der Waals surface area contributed by atoms with E-state index in [1.807, 2.05) is 6.07 Å². The summed E-state index contributed by atoms with van der Waals surface area (Å²) in [6, 6.07) is 8.75. The second-order valence-corrected chi connectivity index (χ2v) is 6.87. The molecule has 130 valence electrons. The standard InChI is InChI=1S/C20H26O4/c1-14(2)17-10-9-15(3)13-18(17)24-20(22)12-11-19(21)23-16-7-5-4-6-8-16/h4-8,11-12,14-15,17-18H,9-10,13H2,1-3H3/b12-11-. The predicted octanol–water partition coefficient (Wildman–Crippen LogP) is 4.15. The van der Waals surface area contributed by atoms with Crippen molar-refractivity contribution < 1.29 is 19.1 Å². The Balaban J connectivity index is 1.87. The summed E-state index contributed by atoms with van der Waals surface area (Å²) in [6.07, 6.45) is 5.34. The Morgan fingerprint density at radius 1 is 1.08 bits per heavy atom. The van der Waals surface area contributed by atoms with Crippen LogP contribution in [-0.2, 0) is 14.3 Å². The Labute approximate surface area is 143 Å². The third kappa shape index (κ3) is 5.52. The van der Waals surface area contributed by atoms with Gasteiger partial charge in [0.1, 0.15) is 11.9 Å². The summed E-state index contributed by atoms with van der Waals surface area (Å²) in [5.74, 6) is 0.795. The van der Waals surface area contributed by atoms with Gasteiger partial charge in [0.15, 0.2) is 0 Å². The molecule has 0 spiro atoms. The Hall–Kier alpha value is -2.10. The molecule has 0 saturated heterocycles. The van der Waals surface area contributed by atoms with E-state index >= 15 is 0 Å². The molecular formula is C20H26O4. The van der Waals surface area contributed by atoms with E-state index in [9.17, 15) is 9.59 Å². The van der Waals surface area contributed by atoms with E-state index < -0.39 is 11.9 Å². The van der Waals surface area contributed by atoms with E-state index in [1.54, 1.807) is 24.3 Å². The summed E-state index contributed by atoms with van der Waals surface area (Å²) in [4.78, 5) is 23.7. The lowest BCUT2D eigenvalue weighted by molar-refractivity contribution is -0.150. The van der Waals surface area contributed by atoms with Crippen molar-refractivity contribution in [2.24, 2.45) is 17.8 Å². The van der Waals surface area contributed by atoms with Crippen molar-refractivity contribution >= 4 is 11.9 Å². The van der Waals surface area contributed by atoms with Crippen LogP contribution in [0.3, 0.4) is 0 Å². The molecule has 0 bridgehead atoms. The third-order valence-electron chi connectivity index (χ3n) is 4.55. The largest absolute Gasteiger partial charge is 0.459 e. The lowest BCUT2D eigenvalue weighted by atomic mass is 9.75. The molecule has 3 atom stereocenters. The molecule has 0 heterocycles. The maximum atomic E-state index is 12.0. The van der Waals surface area contributed by atoms with Gasteiger partial charge in [-0.05, 0) is 42.7 Å². The summed E-state index contributed by atoms with van der Waals surface area (Å²) >= 11 is 0. The van der Waals surface area contributed by atoms with Crippen molar-refractivity contribution in [1.29, 1.82) is 0 Å². The predicted molar refractivity (Wildman–Crippen MR) is 92.4 cm³/mol. The van der Waals surface area contributed by atoms with Gasteiger partial charge < -0.3 is 9.47 Å². The highest BCUT2D eigenvalue weighted by atomic mass is 16.5. The van der Waals surface area contributed by atoms with Crippen LogP contribution < -0.4 is 4.74 Å². The molecule has 1 aliphatic rings. The minimum Gasteiger partial charge on any atom is -0.459 e. The van der Waals surface area contributed by atoms with Crippen molar-refractivity contribution in [3.8, 4) is 5.75 Å². The SMILES string of the molecule is CC1CCC(C(C)C)C(OC(=O)/C=C\C(=O)Oc2ccccc2)C1. The first-order chi connectivity index (χ1) is 11.5. The fourth-order valence-corrected chi connectivity index (χ4v) is 3.21. The Morgan fingerprint density at radius 2 is 1.75 bits per heavy atom.